The number of nitrogens with one attached hydrogen (secondary N) is 1. The van der Waals surface area contributed by atoms with E-state index in [0.29, 0.717) is 38.0 Å². The number of nitrogens with zero attached hydrogens (tertiary/aromatic N) is 3. The summed E-state index contributed by atoms with van der Waals surface area (Å²) in [7, 11) is -3.81. The zero-order valence-electron chi connectivity index (χ0n) is 14.7. The lowest BCUT2D eigenvalue weighted by Crippen LogP contribution is -2.51. The zero-order chi connectivity index (χ0) is 18.7. The maximum absolute atomic E-state index is 13.0. The largest absolute Gasteiger partial charge is 0.340 e. The predicted molar refractivity (Wildman–Crippen MR) is 104 cm³/mol. The van der Waals surface area contributed by atoms with Crippen LogP contribution in [-0.2, 0) is 14.8 Å². The van der Waals surface area contributed by atoms with Crippen LogP contribution in [0.15, 0.2) is 23.1 Å². The third-order valence-corrected chi connectivity index (χ3v) is 7.19. The number of rotatable bonds is 3. The molecule has 148 valence electrons. The number of piperidine rings is 1. The van der Waals surface area contributed by atoms with Gasteiger partial charge in [0.05, 0.1) is 22.6 Å². The van der Waals surface area contributed by atoms with Gasteiger partial charge < -0.3 is 10.2 Å². The Kier molecular flexibility index (Phi) is 7.48. The number of hydrogen-bond acceptors (Lipinski definition) is 5. The van der Waals surface area contributed by atoms with Crippen molar-refractivity contribution in [2.24, 2.45) is 5.92 Å². The second-order valence-corrected chi connectivity index (χ2v) is 8.85. The number of amides is 1. The minimum absolute atomic E-state index is 0. The van der Waals surface area contributed by atoms with Gasteiger partial charge in [-0.2, -0.15) is 9.57 Å². The van der Waals surface area contributed by atoms with Gasteiger partial charge in [0.2, 0.25) is 15.9 Å². The third kappa shape index (κ3) is 4.73. The van der Waals surface area contributed by atoms with E-state index in [1.807, 2.05) is 11.0 Å². The van der Waals surface area contributed by atoms with Crippen molar-refractivity contribution in [3.05, 3.63) is 28.8 Å². The number of benzene rings is 1. The Morgan fingerprint density at radius 3 is 2.59 bits per heavy atom. The van der Waals surface area contributed by atoms with Crippen molar-refractivity contribution in [3.8, 4) is 6.07 Å². The maximum Gasteiger partial charge on any atom is 0.244 e. The lowest BCUT2D eigenvalue weighted by atomic mass is 9.98. The van der Waals surface area contributed by atoms with E-state index in [-0.39, 0.29) is 40.7 Å². The van der Waals surface area contributed by atoms with Crippen molar-refractivity contribution >= 4 is 39.9 Å². The molecule has 1 atom stereocenters. The number of hydrogen-bond donors (Lipinski definition) is 1. The smallest absolute Gasteiger partial charge is 0.244 e. The summed E-state index contributed by atoms with van der Waals surface area (Å²) < 4.78 is 27.3. The molecule has 27 heavy (non-hydrogen) atoms. The zero-order valence-corrected chi connectivity index (χ0v) is 17.1. The Bertz CT molecular complexity index is 835. The molecule has 1 amide bonds. The van der Waals surface area contributed by atoms with Gasteiger partial charge in [0.25, 0.3) is 0 Å². The topological polar surface area (TPSA) is 93.5 Å². The van der Waals surface area contributed by atoms with Crippen LogP contribution < -0.4 is 5.32 Å². The minimum Gasteiger partial charge on any atom is -0.340 e. The molecule has 0 radical (unpaired) electrons. The Balaban J connectivity index is 0.00000261. The fraction of sp³-hybridized carbons (Fsp3) is 0.529. The molecular formula is C17H22Cl2N4O3S. The summed E-state index contributed by atoms with van der Waals surface area (Å²) in [6.45, 7) is 3.38. The van der Waals surface area contributed by atoms with Crippen molar-refractivity contribution in [2.75, 3.05) is 39.3 Å². The van der Waals surface area contributed by atoms with E-state index in [4.69, 9.17) is 16.9 Å². The first-order chi connectivity index (χ1) is 12.4. The second-order valence-electron chi connectivity index (χ2n) is 6.53. The lowest BCUT2D eigenvalue weighted by molar-refractivity contribution is -0.137. The summed E-state index contributed by atoms with van der Waals surface area (Å²) in [5.74, 6) is -0.300. The van der Waals surface area contributed by atoms with Gasteiger partial charge in [-0.05, 0) is 31.0 Å². The standard InChI is InChI=1S/C17H21ClN4O3S.ClH/c18-15-10-13(11-19)3-4-16(15)26(24,25)22-7-1-2-14(12-22)17(23)21-8-5-20-6-9-21;/h3-4,10,14,20H,1-2,5-9,12H2;1H. The summed E-state index contributed by atoms with van der Waals surface area (Å²) in [5, 5.41) is 12.1. The molecule has 2 aliphatic rings. The molecule has 1 unspecified atom stereocenters. The van der Waals surface area contributed by atoms with Crippen LogP contribution in [0.1, 0.15) is 18.4 Å². The Morgan fingerprint density at radius 2 is 1.96 bits per heavy atom. The molecule has 0 spiro atoms. The van der Waals surface area contributed by atoms with Crippen LogP contribution in [-0.4, -0.2) is 62.8 Å². The molecule has 2 heterocycles. The summed E-state index contributed by atoms with van der Waals surface area (Å²) in [6, 6.07) is 6.08. The van der Waals surface area contributed by atoms with Crippen LogP contribution in [0.3, 0.4) is 0 Å². The van der Waals surface area contributed by atoms with Crippen LogP contribution in [0.2, 0.25) is 5.02 Å². The maximum atomic E-state index is 13.0. The van der Waals surface area contributed by atoms with Crippen molar-refractivity contribution in [3.63, 3.8) is 0 Å². The molecule has 2 aliphatic heterocycles. The fourth-order valence-electron chi connectivity index (χ4n) is 3.42. The molecule has 1 aromatic rings. The number of halogens is 2. The van der Waals surface area contributed by atoms with Crippen LogP contribution in [0.25, 0.3) is 0 Å². The van der Waals surface area contributed by atoms with E-state index >= 15 is 0 Å². The Morgan fingerprint density at radius 1 is 1.26 bits per heavy atom. The summed E-state index contributed by atoms with van der Waals surface area (Å²) >= 11 is 6.09. The van der Waals surface area contributed by atoms with Gasteiger partial charge in [-0.3, -0.25) is 4.79 Å². The third-order valence-electron chi connectivity index (χ3n) is 4.84. The van der Waals surface area contributed by atoms with Crippen LogP contribution in [0, 0.1) is 17.2 Å². The molecule has 0 saturated carbocycles. The fourth-order valence-corrected chi connectivity index (χ4v) is 5.47. The molecule has 2 fully saturated rings. The van der Waals surface area contributed by atoms with E-state index in [0.717, 1.165) is 13.1 Å². The van der Waals surface area contributed by atoms with Crippen LogP contribution in [0.5, 0.6) is 0 Å². The van der Waals surface area contributed by atoms with E-state index in [1.54, 1.807) is 0 Å². The first-order valence-electron chi connectivity index (χ1n) is 8.63. The molecule has 0 bridgehead atoms. The summed E-state index contributed by atoms with van der Waals surface area (Å²) in [4.78, 5) is 14.5. The number of carbonyl (C=O) groups is 1. The van der Waals surface area contributed by atoms with E-state index in [9.17, 15) is 13.2 Å². The van der Waals surface area contributed by atoms with Gasteiger partial charge in [-0.1, -0.05) is 11.6 Å². The monoisotopic (exact) mass is 432 g/mol. The van der Waals surface area contributed by atoms with Crippen LogP contribution in [0.4, 0.5) is 0 Å². The molecule has 3 rings (SSSR count). The number of nitriles is 1. The quantitative estimate of drug-likeness (QED) is 0.779. The van der Waals surface area contributed by atoms with Crippen molar-refractivity contribution < 1.29 is 13.2 Å². The Labute approximate surface area is 170 Å². The highest BCUT2D eigenvalue weighted by molar-refractivity contribution is 7.89. The van der Waals surface area contributed by atoms with Gasteiger partial charge in [0, 0.05) is 39.3 Å². The molecule has 2 saturated heterocycles. The Hall–Kier alpha value is -1.37. The van der Waals surface area contributed by atoms with Crippen LogP contribution >= 0.6 is 24.0 Å². The molecule has 0 aromatic heterocycles. The highest BCUT2D eigenvalue weighted by Crippen LogP contribution is 2.29. The molecular weight excluding hydrogens is 411 g/mol. The average Bonchev–Trinajstić information content (AvgIpc) is 2.67. The SMILES string of the molecule is Cl.N#Cc1ccc(S(=O)(=O)N2CCCC(C(=O)N3CCNCC3)C2)c(Cl)c1. The molecule has 7 nitrogen and oxygen atoms in total. The normalized spacial score (nSPS) is 21.2. The van der Waals surface area contributed by atoms with Crippen molar-refractivity contribution in [1.29, 1.82) is 5.26 Å². The number of carbonyl (C=O) groups excluding carboxylic acids is 1. The molecule has 0 aliphatic carbocycles. The molecule has 10 heteroatoms. The molecule has 1 N–H and O–H groups in total. The van der Waals surface area contributed by atoms with Gasteiger partial charge in [0.15, 0.2) is 0 Å². The summed E-state index contributed by atoms with van der Waals surface area (Å²) in [6.07, 6.45) is 1.32. The highest BCUT2D eigenvalue weighted by atomic mass is 35.5. The number of piperazine rings is 1. The lowest BCUT2D eigenvalue weighted by Gasteiger charge is -2.36. The number of sulfonamides is 1. The van der Waals surface area contributed by atoms with E-state index < -0.39 is 10.0 Å². The van der Waals surface area contributed by atoms with Gasteiger partial charge in [0.1, 0.15) is 4.90 Å². The second kappa shape index (κ2) is 9.22. The average molecular weight is 433 g/mol. The summed E-state index contributed by atoms with van der Waals surface area (Å²) in [5.41, 5.74) is 0.305. The predicted octanol–water partition coefficient (Wildman–Crippen LogP) is 1.47. The van der Waals surface area contributed by atoms with Gasteiger partial charge in [-0.15, -0.1) is 12.4 Å². The van der Waals surface area contributed by atoms with Crippen molar-refractivity contribution in [1.82, 2.24) is 14.5 Å². The van der Waals surface area contributed by atoms with Gasteiger partial charge in [-0.25, -0.2) is 8.42 Å². The molecule has 1 aromatic carbocycles. The van der Waals surface area contributed by atoms with E-state index in [2.05, 4.69) is 5.32 Å². The van der Waals surface area contributed by atoms with Gasteiger partial charge >= 0.3 is 0 Å². The van der Waals surface area contributed by atoms with Crippen molar-refractivity contribution in [2.45, 2.75) is 17.7 Å². The van der Waals surface area contributed by atoms with E-state index in [1.165, 1.54) is 22.5 Å². The first-order valence-corrected chi connectivity index (χ1v) is 10.4. The highest BCUT2D eigenvalue weighted by Gasteiger charge is 2.36. The first kappa shape index (κ1) is 21.9. The minimum atomic E-state index is -3.81.